The first-order valence-corrected chi connectivity index (χ1v) is 8.08. The molecule has 0 aromatic rings. The van der Waals surface area contributed by atoms with Crippen LogP contribution in [0, 0.1) is 17.8 Å². The number of carbonyl (C=O) groups excluding carboxylic acids is 2. The van der Waals surface area contributed by atoms with Gasteiger partial charge in [-0.25, -0.2) is 0 Å². The lowest BCUT2D eigenvalue weighted by molar-refractivity contribution is -0.183. The molecule has 5 nitrogen and oxygen atoms in total. The highest BCUT2D eigenvalue weighted by Crippen LogP contribution is 2.49. The van der Waals surface area contributed by atoms with Crippen molar-refractivity contribution in [2.75, 3.05) is 13.2 Å². The summed E-state index contributed by atoms with van der Waals surface area (Å²) in [5.74, 6) is -1.54. The van der Waals surface area contributed by atoms with E-state index in [4.69, 9.17) is 9.47 Å². The molecule has 0 amide bonds. The molecule has 120 valence electrons. The van der Waals surface area contributed by atoms with Gasteiger partial charge in [0.05, 0.1) is 30.7 Å². The van der Waals surface area contributed by atoms with Crippen LogP contribution in [-0.2, 0) is 19.1 Å². The minimum absolute atomic E-state index is 0.0104. The Morgan fingerprint density at radius 3 is 2.43 bits per heavy atom. The van der Waals surface area contributed by atoms with Gasteiger partial charge >= 0.3 is 11.9 Å². The van der Waals surface area contributed by atoms with E-state index >= 15 is 0 Å². The van der Waals surface area contributed by atoms with Crippen molar-refractivity contribution in [2.24, 2.45) is 17.8 Å². The molecule has 0 aromatic heterocycles. The Balaban J connectivity index is 2.20. The highest BCUT2D eigenvalue weighted by atomic mass is 16.5. The van der Waals surface area contributed by atoms with E-state index in [1.54, 1.807) is 13.8 Å². The fourth-order valence-electron chi connectivity index (χ4n) is 3.96. The molecule has 0 aliphatic heterocycles. The highest BCUT2D eigenvalue weighted by molar-refractivity contribution is 5.78. The van der Waals surface area contributed by atoms with E-state index < -0.39 is 11.5 Å². The third kappa shape index (κ3) is 3.23. The van der Waals surface area contributed by atoms with Crippen LogP contribution in [0.2, 0.25) is 0 Å². The van der Waals surface area contributed by atoms with Gasteiger partial charge in [-0.1, -0.05) is 12.8 Å². The van der Waals surface area contributed by atoms with E-state index in [1.165, 1.54) is 0 Å². The van der Waals surface area contributed by atoms with Gasteiger partial charge in [0.25, 0.3) is 0 Å². The highest BCUT2D eigenvalue weighted by Gasteiger charge is 2.54. The van der Waals surface area contributed by atoms with Gasteiger partial charge in [-0.2, -0.15) is 0 Å². The van der Waals surface area contributed by atoms with Gasteiger partial charge in [0, 0.05) is 0 Å². The normalized spacial score (nSPS) is 35.7. The van der Waals surface area contributed by atoms with E-state index in [9.17, 15) is 14.7 Å². The van der Waals surface area contributed by atoms with Crippen molar-refractivity contribution in [3.05, 3.63) is 0 Å². The number of rotatable bonds is 4. The van der Waals surface area contributed by atoms with Gasteiger partial charge in [-0.3, -0.25) is 9.59 Å². The molecule has 0 heterocycles. The minimum atomic E-state index is -1.01. The van der Waals surface area contributed by atoms with Crippen molar-refractivity contribution < 1.29 is 24.2 Å². The van der Waals surface area contributed by atoms with Gasteiger partial charge in [0.15, 0.2) is 0 Å². The zero-order valence-electron chi connectivity index (χ0n) is 13.0. The summed E-state index contributed by atoms with van der Waals surface area (Å²) in [4.78, 5) is 24.3. The average molecular weight is 298 g/mol. The van der Waals surface area contributed by atoms with Crippen LogP contribution >= 0.6 is 0 Å². The molecular formula is C16H26O5. The molecule has 0 spiro atoms. The standard InChI is InChI=1S/C16H26O5/c1-3-20-14(17)11-9-12-7-5-6-8-16(12,19)13(10-11)15(18)21-4-2/h11-13,19H,3-10H2,1-2H3/t11-,12+,13+,16+/m1/s1. The molecule has 0 saturated heterocycles. The molecular weight excluding hydrogens is 272 g/mol. The SMILES string of the molecule is CCOC(=O)[C@@H]1C[C@@H]2CCCC[C@@]2(O)[C@H](C(=O)OCC)C1. The first-order valence-electron chi connectivity index (χ1n) is 8.08. The van der Waals surface area contributed by atoms with Crippen LogP contribution in [0.1, 0.15) is 52.4 Å². The van der Waals surface area contributed by atoms with Crippen molar-refractivity contribution in [2.45, 2.75) is 58.0 Å². The van der Waals surface area contributed by atoms with Crippen molar-refractivity contribution in [3.63, 3.8) is 0 Å². The van der Waals surface area contributed by atoms with Gasteiger partial charge in [0.2, 0.25) is 0 Å². The van der Waals surface area contributed by atoms with E-state index in [2.05, 4.69) is 0 Å². The maximum Gasteiger partial charge on any atom is 0.311 e. The van der Waals surface area contributed by atoms with Crippen molar-refractivity contribution in [1.82, 2.24) is 0 Å². The number of esters is 2. The van der Waals surface area contributed by atoms with Crippen molar-refractivity contribution in [1.29, 1.82) is 0 Å². The second-order valence-corrected chi connectivity index (χ2v) is 6.16. The summed E-state index contributed by atoms with van der Waals surface area (Å²) in [5, 5.41) is 11.0. The lowest BCUT2D eigenvalue weighted by Gasteiger charge is -2.49. The Kier molecular flexibility index (Phi) is 5.25. The molecule has 0 aromatic carbocycles. The minimum Gasteiger partial charge on any atom is -0.466 e. The Morgan fingerprint density at radius 1 is 1.10 bits per heavy atom. The van der Waals surface area contributed by atoms with Crippen LogP contribution < -0.4 is 0 Å². The molecule has 2 aliphatic rings. The number of carbonyl (C=O) groups is 2. The van der Waals surface area contributed by atoms with Gasteiger partial charge in [-0.15, -0.1) is 0 Å². The Morgan fingerprint density at radius 2 is 1.76 bits per heavy atom. The van der Waals surface area contributed by atoms with E-state index in [1.807, 2.05) is 0 Å². The summed E-state index contributed by atoms with van der Waals surface area (Å²) < 4.78 is 10.2. The number of ether oxygens (including phenoxy) is 2. The van der Waals surface area contributed by atoms with Crippen LogP contribution in [0.15, 0.2) is 0 Å². The molecule has 0 radical (unpaired) electrons. The first-order chi connectivity index (χ1) is 10.0. The monoisotopic (exact) mass is 298 g/mol. The molecule has 21 heavy (non-hydrogen) atoms. The summed E-state index contributed by atoms with van der Waals surface area (Å²) in [5.41, 5.74) is -1.01. The molecule has 4 atom stereocenters. The molecule has 2 fully saturated rings. The van der Waals surface area contributed by atoms with Crippen molar-refractivity contribution >= 4 is 11.9 Å². The van der Waals surface area contributed by atoms with E-state index in [0.29, 0.717) is 32.5 Å². The molecule has 2 saturated carbocycles. The number of hydrogen-bond acceptors (Lipinski definition) is 5. The summed E-state index contributed by atoms with van der Waals surface area (Å²) in [7, 11) is 0. The van der Waals surface area contributed by atoms with Crippen LogP contribution in [-0.4, -0.2) is 35.9 Å². The average Bonchev–Trinajstić information content (AvgIpc) is 2.46. The summed E-state index contributed by atoms with van der Waals surface area (Å²) in [6, 6.07) is 0. The summed E-state index contributed by atoms with van der Waals surface area (Å²) in [6.45, 7) is 4.17. The van der Waals surface area contributed by atoms with Crippen LogP contribution in [0.5, 0.6) is 0 Å². The molecule has 2 rings (SSSR count). The zero-order valence-corrected chi connectivity index (χ0v) is 13.0. The lowest BCUT2D eigenvalue weighted by atomic mass is 9.59. The third-order valence-electron chi connectivity index (χ3n) is 4.97. The fraction of sp³-hybridized carbons (Fsp3) is 0.875. The van der Waals surface area contributed by atoms with Gasteiger partial charge in [0.1, 0.15) is 0 Å². The Bertz CT molecular complexity index is 394. The number of fused-ring (bicyclic) bond motifs is 1. The molecule has 2 aliphatic carbocycles. The maximum absolute atomic E-state index is 12.2. The van der Waals surface area contributed by atoms with Crippen LogP contribution in [0.4, 0.5) is 0 Å². The summed E-state index contributed by atoms with van der Waals surface area (Å²) in [6.07, 6.45) is 4.40. The van der Waals surface area contributed by atoms with Crippen LogP contribution in [0.25, 0.3) is 0 Å². The predicted octanol–water partition coefficient (Wildman–Crippen LogP) is 2.06. The smallest absolute Gasteiger partial charge is 0.311 e. The number of aliphatic hydroxyl groups is 1. The third-order valence-corrected chi connectivity index (χ3v) is 4.97. The zero-order chi connectivity index (χ0) is 15.5. The second-order valence-electron chi connectivity index (χ2n) is 6.16. The first kappa shape index (κ1) is 16.3. The molecule has 0 bridgehead atoms. The molecule has 0 unspecified atom stereocenters. The second kappa shape index (κ2) is 6.77. The molecule has 5 heteroatoms. The number of hydrogen-bond donors (Lipinski definition) is 1. The Labute approximate surface area is 126 Å². The fourth-order valence-corrected chi connectivity index (χ4v) is 3.96. The maximum atomic E-state index is 12.2. The topological polar surface area (TPSA) is 72.8 Å². The van der Waals surface area contributed by atoms with Crippen LogP contribution in [0.3, 0.4) is 0 Å². The predicted molar refractivity (Wildman–Crippen MR) is 76.4 cm³/mol. The van der Waals surface area contributed by atoms with E-state index in [0.717, 1.165) is 19.3 Å². The summed E-state index contributed by atoms with van der Waals surface area (Å²) >= 11 is 0. The van der Waals surface area contributed by atoms with Gasteiger partial charge in [-0.05, 0) is 45.4 Å². The van der Waals surface area contributed by atoms with Gasteiger partial charge < -0.3 is 14.6 Å². The van der Waals surface area contributed by atoms with Crippen molar-refractivity contribution in [3.8, 4) is 0 Å². The lowest BCUT2D eigenvalue weighted by Crippen LogP contribution is -2.55. The largest absolute Gasteiger partial charge is 0.466 e. The quantitative estimate of drug-likeness (QED) is 0.804. The Hall–Kier alpha value is -1.10. The molecule has 1 N–H and O–H groups in total. The van der Waals surface area contributed by atoms with E-state index in [-0.39, 0.29) is 23.8 Å².